The molecule has 3 rings (SSSR count). The summed E-state index contributed by atoms with van der Waals surface area (Å²) in [5.41, 5.74) is 0.749. The molecule has 1 aromatic heterocycles. The molecule has 5 nitrogen and oxygen atoms in total. The predicted molar refractivity (Wildman–Crippen MR) is 59.9 cm³/mol. The van der Waals surface area contributed by atoms with Gasteiger partial charge in [-0.25, -0.2) is 0 Å². The average molecular weight is 232 g/mol. The predicted octanol–water partition coefficient (Wildman–Crippen LogP) is 2.33. The molecule has 0 aliphatic heterocycles. The van der Waals surface area contributed by atoms with Gasteiger partial charge in [0.25, 0.3) is 5.89 Å². The second-order valence-corrected chi connectivity index (χ2v) is 4.12. The number of rotatable bonds is 3. The number of hydrogen-bond donors (Lipinski definition) is 1. The number of benzene rings is 1. The Morgan fingerprint density at radius 2 is 2.24 bits per heavy atom. The third-order valence-electron chi connectivity index (χ3n) is 2.81. The zero-order chi connectivity index (χ0) is 11.8. The molecule has 1 aliphatic rings. The van der Waals surface area contributed by atoms with E-state index in [1.54, 1.807) is 18.2 Å². The molecule has 0 radical (unpaired) electrons. The summed E-state index contributed by atoms with van der Waals surface area (Å²) in [5, 5.41) is 13.4. The van der Waals surface area contributed by atoms with Crippen LogP contribution in [0.3, 0.4) is 0 Å². The molecule has 2 aromatic rings. The molecule has 1 saturated carbocycles. The van der Waals surface area contributed by atoms with Gasteiger partial charge in [0, 0.05) is 11.5 Å². The van der Waals surface area contributed by atoms with Crippen LogP contribution in [0.4, 0.5) is 0 Å². The summed E-state index contributed by atoms with van der Waals surface area (Å²) in [5.74, 6) is 2.19. The molecular weight excluding hydrogens is 220 g/mol. The van der Waals surface area contributed by atoms with E-state index in [1.807, 2.05) is 0 Å². The first-order valence-corrected chi connectivity index (χ1v) is 5.49. The van der Waals surface area contributed by atoms with Gasteiger partial charge >= 0.3 is 0 Å². The van der Waals surface area contributed by atoms with Gasteiger partial charge in [0.05, 0.1) is 7.11 Å². The van der Waals surface area contributed by atoms with Crippen LogP contribution >= 0.6 is 0 Å². The Morgan fingerprint density at radius 1 is 1.41 bits per heavy atom. The van der Waals surface area contributed by atoms with Crippen molar-refractivity contribution in [2.45, 2.75) is 18.8 Å². The summed E-state index contributed by atoms with van der Waals surface area (Å²) in [7, 11) is 1.50. The van der Waals surface area contributed by atoms with Gasteiger partial charge < -0.3 is 14.4 Å². The van der Waals surface area contributed by atoms with E-state index in [2.05, 4.69) is 10.1 Å². The van der Waals surface area contributed by atoms with Crippen molar-refractivity contribution in [2.24, 2.45) is 0 Å². The van der Waals surface area contributed by atoms with Crippen LogP contribution in [0.15, 0.2) is 22.7 Å². The number of aromatic hydroxyl groups is 1. The molecule has 0 saturated heterocycles. The summed E-state index contributed by atoms with van der Waals surface area (Å²) in [6.07, 6.45) is 2.27. The summed E-state index contributed by atoms with van der Waals surface area (Å²) < 4.78 is 10.2. The molecule has 0 atom stereocenters. The largest absolute Gasteiger partial charge is 0.504 e. The molecular formula is C12H12N2O3. The van der Waals surface area contributed by atoms with E-state index in [0.717, 1.165) is 24.2 Å². The standard InChI is InChI=1S/C12H12N2O3/c1-16-10-6-8(4-5-9(10)15)12-13-11(14-17-12)7-2-3-7/h4-7,15H,2-3H2,1H3. The molecule has 1 aromatic carbocycles. The van der Waals surface area contributed by atoms with Crippen molar-refractivity contribution in [3.05, 3.63) is 24.0 Å². The van der Waals surface area contributed by atoms with Gasteiger partial charge in [-0.1, -0.05) is 5.16 Å². The molecule has 1 heterocycles. The maximum atomic E-state index is 9.49. The number of nitrogens with zero attached hydrogens (tertiary/aromatic N) is 2. The summed E-state index contributed by atoms with van der Waals surface area (Å²) in [4.78, 5) is 4.33. The SMILES string of the molecule is COc1cc(-c2nc(C3CC3)no2)ccc1O. The second-order valence-electron chi connectivity index (χ2n) is 4.12. The number of ether oxygens (including phenoxy) is 1. The summed E-state index contributed by atoms with van der Waals surface area (Å²) >= 11 is 0. The molecule has 1 N–H and O–H groups in total. The van der Waals surface area contributed by atoms with Crippen LogP contribution in [-0.4, -0.2) is 22.4 Å². The van der Waals surface area contributed by atoms with Crippen LogP contribution in [-0.2, 0) is 0 Å². The van der Waals surface area contributed by atoms with Crippen molar-refractivity contribution < 1.29 is 14.4 Å². The zero-order valence-electron chi connectivity index (χ0n) is 9.38. The number of phenolic OH excluding ortho intramolecular Hbond substituents is 1. The lowest BCUT2D eigenvalue weighted by atomic mass is 10.2. The number of methoxy groups -OCH3 is 1. The van der Waals surface area contributed by atoms with E-state index in [-0.39, 0.29) is 5.75 Å². The van der Waals surface area contributed by atoms with E-state index < -0.39 is 0 Å². The minimum atomic E-state index is 0.0955. The third kappa shape index (κ3) is 1.84. The van der Waals surface area contributed by atoms with Gasteiger partial charge in [0.1, 0.15) is 0 Å². The summed E-state index contributed by atoms with van der Waals surface area (Å²) in [6.45, 7) is 0. The third-order valence-corrected chi connectivity index (χ3v) is 2.81. The van der Waals surface area contributed by atoms with Gasteiger partial charge in [0.15, 0.2) is 17.3 Å². The van der Waals surface area contributed by atoms with Crippen LogP contribution < -0.4 is 4.74 Å². The van der Waals surface area contributed by atoms with Gasteiger partial charge in [-0.05, 0) is 31.0 Å². The van der Waals surface area contributed by atoms with Crippen molar-refractivity contribution >= 4 is 0 Å². The Kier molecular flexibility index (Phi) is 2.24. The molecule has 17 heavy (non-hydrogen) atoms. The van der Waals surface area contributed by atoms with Gasteiger partial charge in [-0.15, -0.1) is 0 Å². The van der Waals surface area contributed by atoms with E-state index in [9.17, 15) is 5.11 Å². The van der Waals surface area contributed by atoms with E-state index in [1.165, 1.54) is 7.11 Å². The van der Waals surface area contributed by atoms with Crippen molar-refractivity contribution in [3.63, 3.8) is 0 Å². The van der Waals surface area contributed by atoms with Crippen molar-refractivity contribution in [1.82, 2.24) is 10.1 Å². The highest BCUT2D eigenvalue weighted by Gasteiger charge is 2.29. The Morgan fingerprint density at radius 3 is 2.94 bits per heavy atom. The molecule has 88 valence electrons. The maximum absolute atomic E-state index is 9.49. The van der Waals surface area contributed by atoms with E-state index >= 15 is 0 Å². The van der Waals surface area contributed by atoms with Crippen LogP contribution in [0.2, 0.25) is 0 Å². The molecule has 1 fully saturated rings. The fourth-order valence-electron chi connectivity index (χ4n) is 1.67. The van der Waals surface area contributed by atoms with Crippen LogP contribution in [0.1, 0.15) is 24.6 Å². The first-order valence-electron chi connectivity index (χ1n) is 5.49. The fraction of sp³-hybridized carbons (Fsp3) is 0.333. The van der Waals surface area contributed by atoms with Crippen LogP contribution in [0.5, 0.6) is 11.5 Å². The van der Waals surface area contributed by atoms with Crippen molar-refractivity contribution in [3.8, 4) is 23.0 Å². The first-order chi connectivity index (χ1) is 8.28. The number of aromatic nitrogens is 2. The Bertz CT molecular complexity index is 546. The normalized spacial score (nSPS) is 14.9. The molecule has 0 unspecified atom stereocenters. The Balaban J connectivity index is 1.96. The Labute approximate surface area is 98.0 Å². The molecule has 0 spiro atoms. The highest BCUT2D eigenvalue weighted by atomic mass is 16.5. The smallest absolute Gasteiger partial charge is 0.258 e. The van der Waals surface area contributed by atoms with E-state index in [4.69, 9.17) is 9.26 Å². The van der Waals surface area contributed by atoms with Gasteiger partial charge in [-0.2, -0.15) is 4.98 Å². The van der Waals surface area contributed by atoms with E-state index in [0.29, 0.717) is 17.6 Å². The highest BCUT2D eigenvalue weighted by molar-refractivity contribution is 5.59. The quantitative estimate of drug-likeness (QED) is 0.879. The van der Waals surface area contributed by atoms with Crippen LogP contribution in [0, 0.1) is 0 Å². The van der Waals surface area contributed by atoms with Crippen molar-refractivity contribution in [1.29, 1.82) is 0 Å². The maximum Gasteiger partial charge on any atom is 0.258 e. The van der Waals surface area contributed by atoms with Crippen LogP contribution in [0.25, 0.3) is 11.5 Å². The number of phenols is 1. The lowest BCUT2D eigenvalue weighted by Gasteiger charge is -2.03. The lowest BCUT2D eigenvalue weighted by Crippen LogP contribution is -1.86. The highest BCUT2D eigenvalue weighted by Crippen LogP contribution is 2.39. The molecule has 0 amide bonds. The fourth-order valence-corrected chi connectivity index (χ4v) is 1.67. The lowest BCUT2D eigenvalue weighted by molar-refractivity contribution is 0.373. The molecule has 5 heteroatoms. The monoisotopic (exact) mass is 232 g/mol. The molecule has 1 aliphatic carbocycles. The second kappa shape index (κ2) is 3.76. The minimum absolute atomic E-state index is 0.0955. The van der Waals surface area contributed by atoms with Gasteiger partial charge in [-0.3, -0.25) is 0 Å². The summed E-state index contributed by atoms with van der Waals surface area (Å²) in [6, 6.07) is 4.96. The minimum Gasteiger partial charge on any atom is -0.504 e. The van der Waals surface area contributed by atoms with Crippen molar-refractivity contribution in [2.75, 3.05) is 7.11 Å². The number of hydrogen-bond acceptors (Lipinski definition) is 5. The van der Waals surface area contributed by atoms with Gasteiger partial charge in [0.2, 0.25) is 0 Å². The first kappa shape index (κ1) is 10.1. The average Bonchev–Trinajstić information content (AvgIpc) is 3.08. The topological polar surface area (TPSA) is 68.4 Å². The Hall–Kier alpha value is -2.04. The zero-order valence-corrected chi connectivity index (χ0v) is 9.38. The molecule has 0 bridgehead atoms.